The number of fused-ring (bicyclic) bond motifs is 1. The van der Waals surface area contributed by atoms with E-state index in [0.29, 0.717) is 43.7 Å². The van der Waals surface area contributed by atoms with Gasteiger partial charge in [0.15, 0.2) is 11.5 Å². The first-order chi connectivity index (χ1) is 14.9. The Kier molecular flexibility index (Phi) is 8.35. The first-order valence-corrected chi connectivity index (χ1v) is 11.8. The fourth-order valence-electron chi connectivity index (χ4n) is 4.16. The lowest BCUT2D eigenvalue weighted by molar-refractivity contribution is -0.136. The number of rotatable bonds is 10. The van der Waals surface area contributed by atoms with Crippen LogP contribution in [0.25, 0.3) is 0 Å². The number of benzene rings is 1. The Morgan fingerprint density at radius 3 is 2.65 bits per heavy atom. The van der Waals surface area contributed by atoms with Crippen LogP contribution in [0.1, 0.15) is 37.3 Å². The van der Waals surface area contributed by atoms with E-state index in [1.54, 1.807) is 25.4 Å². The molecule has 2 aromatic rings. The minimum Gasteiger partial charge on any atom is -0.493 e. The average Bonchev–Trinajstić information content (AvgIpc) is 3.20. The number of amides is 1. The number of para-hydroxylation sites is 2. The number of carbonyl (C=O) groups excluding carboxylic acids is 1. The van der Waals surface area contributed by atoms with Crippen molar-refractivity contribution in [2.45, 2.75) is 39.3 Å². The molecular weight excluding hydrogens is 412 g/mol. The van der Waals surface area contributed by atoms with Crippen LogP contribution in [-0.2, 0) is 11.2 Å². The van der Waals surface area contributed by atoms with Gasteiger partial charge in [-0.1, -0.05) is 26.0 Å². The van der Waals surface area contributed by atoms with E-state index in [2.05, 4.69) is 30.2 Å². The van der Waals surface area contributed by atoms with E-state index in [1.165, 1.54) is 10.4 Å². The van der Waals surface area contributed by atoms with Crippen molar-refractivity contribution in [3.8, 4) is 11.5 Å². The van der Waals surface area contributed by atoms with Gasteiger partial charge >= 0.3 is 0 Å². The number of aliphatic hydroxyl groups is 1. The summed E-state index contributed by atoms with van der Waals surface area (Å²) in [5.41, 5.74) is 1.17. The monoisotopic (exact) mass is 446 g/mol. The van der Waals surface area contributed by atoms with Gasteiger partial charge in [0.1, 0.15) is 6.61 Å². The summed E-state index contributed by atoms with van der Waals surface area (Å²) >= 11 is 1.74. The van der Waals surface area contributed by atoms with Crippen LogP contribution in [-0.4, -0.2) is 66.8 Å². The second-order valence-electron chi connectivity index (χ2n) is 8.55. The molecule has 0 spiro atoms. The maximum absolute atomic E-state index is 13.4. The quantitative estimate of drug-likeness (QED) is 0.604. The maximum atomic E-state index is 13.4. The van der Waals surface area contributed by atoms with Gasteiger partial charge in [0.2, 0.25) is 5.91 Å². The summed E-state index contributed by atoms with van der Waals surface area (Å²) in [4.78, 5) is 18.7. The zero-order valence-corrected chi connectivity index (χ0v) is 19.7. The van der Waals surface area contributed by atoms with Crippen LogP contribution in [0.5, 0.6) is 11.5 Å². The third-order valence-electron chi connectivity index (χ3n) is 5.39. The Bertz CT molecular complexity index is 842. The van der Waals surface area contributed by atoms with Crippen molar-refractivity contribution >= 4 is 17.2 Å². The second-order valence-corrected chi connectivity index (χ2v) is 9.55. The van der Waals surface area contributed by atoms with E-state index >= 15 is 0 Å². The number of aliphatic hydroxyl groups excluding tert-OH is 1. The summed E-state index contributed by atoms with van der Waals surface area (Å²) in [6.07, 6.45) is 0.394. The highest BCUT2D eigenvalue weighted by atomic mass is 32.1. The van der Waals surface area contributed by atoms with E-state index in [1.807, 2.05) is 29.2 Å². The maximum Gasteiger partial charge on any atom is 0.237 e. The van der Waals surface area contributed by atoms with Gasteiger partial charge in [-0.3, -0.25) is 9.69 Å². The Balaban J connectivity index is 1.76. The van der Waals surface area contributed by atoms with Crippen LogP contribution in [0.15, 0.2) is 35.7 Å². The van der Waals surface area contributed by atoms with Crippen molar-refractivity contribution in [3.63, 3.8) is 0 Å². The van der Waals surface area contributed by atoms with Crippen LogP contribution < -0.4 is 9.47 Å². The summed E-state index contributed by atoms with van der Waals surface area (Å²) in [7, 11) is 1.63. The van der Waals surface area contributed by atoms with E-state index < -0.39 is 6.10 Å². The molecular formula is C24H34N2O4S. The van der Waals surface area contributed by atoms with Gasteiger partial charge in [-0.25, -0.2) is 0 Å². The normalized spacial score (nSPS) is 17.0. The van der Waals surface area contributed by atoms with Gasteiger partial charge < -0.3 is 19.5 Å². The van der Waals surface area contributed by atoms with E-state index in [9.17, 15) is 9.90 Å². The lowest BCUT2D eigenvalue weighted by atomic mass is 10.00. The molecule has 0 saturated carbocycles. The van der Waals surface area contributed by atoms with Gasteiger partial charge in [-0.2, -0.15) is 0 Å². The molecule has 1 aromatic heterocycles. The molecule has 7 heteroatoms. The van der Waals surface area contributed by atoms with E-state index in [-0.39, 0.29) is 11.9 Å². The van der Waals surface area contributed by atoms with Crippen LogP contribution in [0.3, 0.4) is 0 Å². The predicted octanol–water partition coefficient (Wildman–Crippen LogP) is 3.60. The minimum atomic E-state index is -0.471. The minimum absolute atomic E-state index is 0.0757. The summed E-state index contributed by atoms with van der Waals surface area (Å²) in [5, 5.41) is 12.0. The summed E-state index contributed by atoms with van der Waals surface area (Å²) < 4.78 is 11.5. The molecule has 2 atom stereocenters. The predicted molar refractivity (Wildman–Crippen MR) is 124 cm³/mol. The molecule has 1 N–H and O–H groups in total. The molecule has 1 amide bonds. The molecule has 6 nitrogen and oxygen atoms in total. The lowest BCUT2D eigenvalue weighted by Gasteiger charge is -2.37. The topological polar surface area (TPSA) is 62.2 Å². The largest absolute Gasteiger partial charge is 0.493 e. The smallest absolute Gasteiger partial charge is 0.237 e. The average molecular weight is 447 g/mol. The fourth-order valence-corrected chi connectivity index (χ4v) is 5.09. The molecule has 0 radical (unpaired) electrons. The van der Waals surface area contributed by atoms with Gasteiger partial charge in [-0.15, -0.1) is 11.3 Å². The van der Waals surface area contributed by atoms with Crippen molar-refractivity contribution in [2.75, 3.05) is 39.9 Å². The van der Waals surface area contributed by atoms with E-state index in [0.717, 1.165) is 13.0 Å². The van der Waals surface area contributed by atoms with Gasteiger partial charge in [0, 0.05) is 24.5 Å². The molecule has 1 aromatic carbocycles. The van der Waals surface area contributed by atoms with Gasteiger partial charge in [0.25, 0.3) is 0 Å². The Morgan fingerprint density at radius 2 is 1.97 bits per heavy atom. The molecule has 31 heavy (non-hydrogen) atoms. The van der Waals surface area contributed by atoms with Crippen LogP contribution in [0, 0.1) is 5.92 Å². The van der Waals surface area contributed by atoms with E-state index in [4.69, 9.17) is 9.47 Å². The molecule has 0 unspecified atom stereocenters. The first kappa shape index (κ1) is 23.6. The summed E-state index contributed by atoms with van der Waals surface area (Å²) in [5.74, 6) is 1.85. The molecule has 1 aliphatic heterocycles. The fraction of sp³-hybridized carbons (Fsp3) is 0.542. The number of ether oxygens (including phenoxy) is 2. The number of carbonyl (C=O) groups is 1. The zero-order valence-electron chi connectivity index (χ0n) is 18.9. The van der Waals surface area contributed by atoms with Crippen molar-refractivity contribution in [2.24, 2.45) is 5.92 Å². The molecule has 3 rings (SSSR count). The highest BCUT2D eigenvalue weighted by Gasteiger charge is 2.33. The lowest BCUT2D eigenvalue weighted by Crippen LogP contribution is -2.48. The Morgan fingerprint density at radius 1 is 1.23 bits per heavy atom. The first-order valence-electron chi connectivity index (χ1n) is 10.9. The van der Waals surface area contributed by atoms with Crippen molar-refractivity contribution < 1.29 is 19.4 Å². The van der Waals surface area contributed by atoms with Gasteiger partial charge in [-0.05, 0) is 48.4 Å². The van der Waals surface area contributed by atoms with Crippen molar-refractivity contribution in [1.82, 2.24) is 9.80 Å². The van der Waals surface area contributed by atoms with Gasteiger partial charge in [0.05, 0.1) is 25.8 Å². The highest BCUT2D eigenvalue weighted by molar-refractivity contribution is 7.10. The molecule has 2 heterocycles. The van der Waals surface area contributed by atoms with Crippen molar-refractivity contribution in [3.05, 3.63) is 46.2 Å². The standard InChI is InChI=1S/C24H34N2O4S/c1-17(2)13-25(14-18(3)27)15-24(28)26-11-9-23-19(10-12-31-23)20(26)16-30-22-8-6-5-7-21(22)29-4/h5-8,10,12,17-18,20,27H,9,11,13-16H2,1-4H3/t18-,20+/m1/s1. The van der Waals surface area contributed by atoms with Crippen LogP contribution >= 0.6 is 11.3 Å². The number of thiophene rings is 1. The summed E-state index contributed by atoms with van der Waals surface area (Å²) in [6, 6.07) is 9.55. The third-order valence-corrected chi connectivity index (χ3v) is 6.38. The number of hydrogen-bond donors (Lipinski definition) is 1. The third kappa shape index (κ3) is 6.21. The molecule has 0 saturated heterocycles. The molecule has 170 valence electrons. The molecule has 1 aliphatic rings. The Labute approximate surface area is 189 Å². The Hall–Kier alpha value is -2.09. The highest BCUT2D eigenvalue weighted by Crippen LogP contribution is 2.35. The second kappa shape index (κ2) is 11.0. The van der Waals surface area contributed by atoms with Crippen LogP contribution in [0.4, 0.5) is 0 Å². The SMILES string of the molecule is COc1ccccc1OC[C@H]1c2ccsc2CCN1C(=O)CN(CC(C)C)C[C@@H](C)O. The zero-order chi connectivity index (χ0) is 22.4. The van der Waals surface area contributed by atoms with Crippen LogP contribution in [0.2, 0.25) is 0 Å². The molecule has 0 bridgehead atoms. The number of nitrogens with zero attached hydrogens (tertiary/aromatic N) is 2. The number of methoxy groups -OCH3 is 1. The summed E-state index contributed by atoms with van der Waals surface area (Å²) in [6.45, 7) is 8.63. The van der Waals surface area contributed by atoms with Crippen molar-refractivity contribution in [1.29, 1.82) is 0 Å². The molecule has 0 fully saturated rings. The number of hydrogen-bond acceptors (Lipinski definition) is 6. The molecule has 0 aliphatic carbocycles.